The molecular formula is C27H24N4O2S2. The average Bonchev–Trinajstić information content (AvgIpc) is 3.27. The highest BCUT2D eigenvalue weighted by atomic mass is 32.2. The van der Waals surface area contributed by atoms with Crippen molar-refractivity contribution in [1.29, 1.82) is 0 Å². The number of benzene rings is 2. The van der Waals surface area contributed by atoms with Gasteiger partial charge in [-0.15, -0.1) is 11.3 Å². The van der Waals surface area contributed by atoms with Gasteiger partial charge < -0.3 is 0 Å². The van der Waals surface area contributed by atoms with Crippen molar-refractivity contribution in [2.75, 3.05) is 5.75 Å². The van der Waals surface area contributed by atoms with E-state index < -0.39 is 0 Å². The van der Waals surface area contributed by atoms with Crippen molar-refractivity contribution in [2.45, 2.75) is 30.8 Å². The largest absolute Gasteiger partial charge is 0.272 e. The Balaban J connectivity index is 1.35. The number of rotatable bonds is 7. The second kappa shape index (κ2) is 10.8. The van der Waals surface area contributed by atoms with E-state index in [1.54, 1.807) is 22.0 Å². The van der Waals surface area contributed by atoms with Crippen LogP contribution in [0.2, 0.25) is 0 Å². The Morgan fingerprint density at radius 1 is 1.09 bits per heavy atom. The summed E-state index contributed by atoms with van der Waals surface area (Å²) in [6, 6.07) is 19.3. The predicted octanol–water partition coefficient (Wildman–Crippen LogP) is 5.23. The lowest BCUT2D eigenvalue weighted by atomic mass is 9.97. The number of thioether (sulfide) groups is 1. The number of nitrogens with zero attached hydrogens (tertiary/aromatic N) is 3. The number of allylic oxidation sites excluding steroid dienone is 1. The van der Waals surface area contributed by atoms with E-state index in [2.05, 4.69) is 10.5 Å². The van der Waals surface area contributed by atoms with Gasteiger partial charge >= 0.3 is 0 Å². The maximum Gasteiger partial charge on any atom is 0.267 e. The van der Waals surface area contributed by atoms with Crippen LogP contribution in [0.5, 0.6) is 0 Å². The van der Waals surface area contributed by atoms with Crippen LogP contribution < -0.4 is 11.0 Å². The van der Waals surface area contributed by atoms with Gasteiger partial charge in [-0.2, -0.15) is 5.10 Å². The van der Waals surface area contributed by atoms with E-state index in [4.69, 9.17) is 4.98 Å². The first-order chi connectivity index (χ1) is 17.2. The van der Waals surface area contributed by atoms with Crippen molar-refractivity contribution in [2.24, 2.45) is 5.10 Å². The number of hydrogen-bond acceptors (Lipinski definition) is 6. The van der Waals surface area contributed by atoms with Gasteiger partial charge in [-0.25, -0.2) is 10.4 Å². The molecule has 0 fully saturated rings. The molecule has 35 heavy (non-hydrogen) atoms. The van der Waals surface area contributed by atoms with Gasteiger partial charge in [0.1, 0.15) is 4.83 Å². The summed E-state index contributed by atoms with van der Waals surface area (Å²) < 4.78 is 1.63. The van der Waals surface area contributed by atoms with E-state index >= 15 is 0 Å². The molecule has 0 saturated carbocycles. The third-order valence-electron chi connectivity index (χ3n) is 5.74. The van der Waals surface area contributed by atoms with Crippen LogP contribution >= 0.6 is 23.1 Å². The van der Waals surface area contributed by atoms with Gasteiger partial charge in [-0.3, -0.25) is 14.2 Å². The van der Waals surface area contributed by atoms with Gasteiger partial charge in [0.05, 0.1) is 16.8 Å². The van der Waals surface area contributed by atoms with Crippen molar-refractivity contribution in [3.63, 3.8) is 0 Å². The van der Waals surface area contributed by atoms with E-state index in [0.29, 0.717) is 5.16 Å². The fraction of sp³-hybridized carbons (Fsp3) is 0.185. The molecule has 1 N–H and O–H groups in total. The summed E-state index contributed by atoms with van der Waals surface area (Å²) in [5.74, 6) is -0.172. The third-order valence-corrected chi connectivity index (χ3v) is 7.87. The van der Waals surface area contributed by atoms with Crippen molar-refractivity contribution in [3.05, 3.63) is 93.1 Å². The van der Waals surface area contributed by atoms with Crippen LogP contribution in [0.25, 0.3) is 22.0 Å². The van der Waals surface area contributed by atoms with Crippen molar-refractivity contribution in [1.82, 2.24) is 15.0 Å². The molecule has 0 spiro atoms. The first-order valence-corrected chi connectivity index (χ1v) is 13.3. The highest BCUT2D eigenvalue weighted by Gasteiger charge is 2.23. The molecule has 0 atom stereocenters. The Morgan fingerprint density at radius 3 is 2.63 bits per heavy atom. The lowest BCUT2D eigenvalue weighted by molar-refractivity contribution is -0.118. The molecule has 0 unspecified atom stereocenters. The summed E-state index contributed by atoms with van der Waals surface area (Å²) in [5.41, 5.74) is 5.43. The third kappa shape index (κ3) is 5.28. The average molecular weight is 501 g/mol. The molecule has 4 aromatic rings. The molecule has 0 saturated heterocycles. The van der Waals surface area contributed by atoms with Crippen LogP contribution in [0.1, 0.15) is 28.8 Å². The zero-order valence-electron chi connectivity index (χ0n) is 19.0. The molecule has 2 aromatic heterocycles. The summed E-state index contributed by atoms with van der Waals surface area (Å²) >= 11 is 2.85. The van der Waals surface area contributed by atoms with Gasteiger partial charge in [-0.1, -0.05) is 66.4 Å². The van der Waals surface area contributed by atoms with Gasteiger partial charge in [0.25, 0.3) is 11.5 Å². The Bertz CT molecular complexity index is 1460. The molecular weight excluding hydrogens is 476 g/mol. The monoisotopic (exact) mass is 500 g/mol. The minimum absolute atomic E-state index is 0.0624. The Morgan fingerprint density at radius 2 is 1.83 bits per heavy atom. The first-order valence-electron chi connectivity index (χ1n) is 11.5. The highest BCUT2D eigenvalue weighted by Crippen LogP contribution is 2.35. The summed E-state index contributed by atoms with van der Waals surface area (Å²) in [7, 11) is 0. The summed E-state index contributed by atoms with van der Waals surface area (Å²) in [6.07, 6.45) is 9.38. The maximum atomic E-state index is 13.7. The number of carbonyl (C=O) groups is 1. The summed E-state index contributed by atoms with van der Waals surface area (Å²) in [6.45, 7) is 0. The molecule has 2 aromatic carbocycles. The fourth-order valence-corrected chi connectivity index (χ4v) is 6.23. The van der Waals surface area contributed by atoms with E-state index in [9.17, 15) is 9.59 Å². The minimum Gasteiger partial charge on any atom is -0.272 e. The summed E-state index contributed by atoms with van der Waals surface area (Å²) in [4.78, 5) is 33.0. The number of aromatic nitrogens is 2. The highest BCUT2D eigenvalue weighted by molar-refractivity contribution is 7.99. The van der Waals surface area contributed by atoms with E-state index in [0.717, 1.165) is 52.7 Å². The van der Waals surface area contributed by atoms with Crippen molar-refractivity contribution < 1.29 is 4.79 Å². The van der Waals surface area contributed by atoms with Crippen LogP contribution in [0.15, 0.2) is 81.8 Å². The topological polar surface area (TPSA) is 76.3 Å². The van der Waals surface area contributed by atoms with Crippen LogP contribution in [0.3, 0.4) is 0 Å². The van der Waals surface area contributed by atoms with E-state index in [-0.39, 0.29) is 17.2 Å². The Labute approximate surface area is 211 Å². The molecule has 1 aliphatic carbocycles. The van der Waals surface area contributed by atoms with Gasteiger partial charge in [0.2, 0.25) is 0 Å². The first kappa shape index (κ1) is 23.3. The van der Waals surface area contributed by atoms with Crippen LogP contribution in [0, 0.1) is 0 Å². The molecule has 8 heteroatoms. The second-order valence-electron chi connectivity index (χ2n) is 8.13. The van der Waals surface area contributed by atoms with E-state index in [1.807, 2.05) is 66.7 Å². The lowest BCUT2D eigenvalue weighted by Crippen LogP contribution is -2.24. The van der Waals surface area contributed by atoms with Gasteiger partial charge in [-0.05, 0) is 55.0 Å². The molecule has 6 nitrogen and oxygen atoms in total. The SMILES string of the molecule is O=C(CSc1nc2sc3c(c2c(=O)n1-c1ccccc1)CCCC3)NN=CC=Cc1ccccc1. The number of aryl methyl sites for hydroxylation is 2. The number of carbonyl (C=O) groups excluding carboxylic acids is 1. The van der Waals surface area contributed by atoms with Gasteiger partial charge in [0.15, 0.2) is 5.16 Å². The number of amides is 1. The molecule has 0 radical (unpaired) electrons. The number of fused-ring (bicyclic) bond motifs is 3. The zero-order chi connectivity index (χ0) is 24.0. The van der Waals surface area contributed by atoms with Gasteiger partial charge in [0, 0.05) is 11.1 Å². The number of hydrazone groups is 1. The predicted molar refractivity (Wildman–Crippen MR) is 145 cm³/mol. The van der Waals surface area contributed by atoms with Crippen molar-refractivity contribution >= 4 is 51.5 Å². The smallest absolute Gasteiger partial charge is 0.267 e. The second-order valence-corrected chi connectivity index (χ2v) is 10.2. The zero-order valence-corrected chi connectivity index (χ0v) is 20.6. The lowest BCUT2D eigenvalue weighted by Gasteiger charge is -2.13. The Kier molecular flexibility index (Phi) is 7.20. The standard InChI is InChI=1S/C27H24N4O2S2/c32-23(30-28-17-9-12-19-10-3-1-4-11-19)18-34-27-29-25-24(21-15-7-8-16-22(21)35-25)26(33)31(27)20-13-5-2-6-14-20/h1-6,9-14,17H,7-8,15-16,18H2,(H,30,32). The molecule has 176 valence electrons. The molecule has 5 rings (SSSR count). The number of hydrogen-bond donors (Lipinski definition) is 1. The quantitative estimate of drug-likeness (QED) is 0.163. The van der Waals surface area contributed by atoms with Crippen LogP contribution in [-0.2, 0) is 17.6 Å². The number of thiophene rings is 1. The number of para-hydroxylation sites is 1. The molecule has 1 aliphatic rings. The normalized spacial score (nSPS) is 13.5. The maximum absolute atomic E-state index is 13.7. The number of nitrogens with one attached hydrogen (secondary N) is 1. The molecule has 0 bridgehead atoms. The molecule has 2 heterocycles. The van der Waals surface area contributed by atoms with E-state index in [1.165, 1.54) is 22.9 Å². The summed E-state index contributed by atoms with van der Waals surface area (Å²) in [5, 5.41) is 5.22. The Hall–Kier alpha value is -3.49. The van der Waals surface area contributed by atoms with Crippen LogP contribution in [0.4, 0.5) is 0 Å². The van der Waals surface area contributed by atoms with Crippen LogP contribution in [-0.4, -0.2) is 27.4 Å². The fourth-order valence-electron chi connectivity index (χ4n) is 4.12. The molecule has 0 aliphatic heterocycles. The van der Waals surface area contributed by atoms with Crippen molar-refractivity contribution in [3.8, 4) is 5.69 Å². The minimum atomic E-state index is -0.265. The molecule has 1 amide bonds.